The lowest BCUT2D eigenvalue weighted by Gasteiger charge is -2.19. The number of fused-ring (bicyclic) bond motifs is 1. The van der Waals surface area contributed by atoms with Crippen molar-refractivity contribution in [3.05, 3.63) is 59.0 Å². The average molecular weight is 479 g/mol. The zero-order chi connectivity index (χ0) is 24.5. The van der Waals surface area contributed by atoms with Gasteiger partial charge in [0, 0.05) is 12.0 Å². The summed E-state index contributed by atoms with van der Waals surface area (Å²) in [6.45, 7) is 1.39. The van der Waals surface area contributed by atoms with E-state index in [0.717, 1.165) is 24.4 Å². The normalized spacial score (nSPS) is 18.9. The topological polar surface area (TPSA) is 115 Å². The van der Waals surface area contributed by atoms with E-state index in [9.17, 15) is 22.8 Å². The van der Waals surface area contributed by atoms with Gasteiger partial charge in [0.25, 0.3) is 0 Å². The molecule has 4 aromatic rings. The maximum absolute atomic E-state index is 14.3. The SMILES string of the molecule is C[C@]12CCC(=O)Nc3nc(-c4nn(Cc5c(F)cccc5F)c5ncc(F)cc45)nc(c31)NC2=O. The Hall–Kier alpha value is -4.35. The number of carbonyl (C=O) groups excluding carboxylic acids is 2. The minimum absolute atomic E-state index is 0.0179. The van der Waals surface area contributed by atoms with Gasteiger partial charge in [0.15, 0.2) is 11.5 Å². The van der Waals surface area contributed by atoms with Crippen LogP contribution in [0.25, 0.3) is 22.6 Å². The second-order valence-electron chi connectivity index (χ2n) is 8.69. The second kappa shape index (κ2) is 7.32. The van der Waals surface area contributed by atoms with Crippen LogP contribution in [0.1, 0.15) is 30.9 Å². The smallest absolute Gasteiger partial charge is 0.236 e. The summed E-state index contributed by atoms with van der Waals surface area (Å²) >= 11 is 0. The van der Waals surface area contributed by atoms with Gasteiger partial charge in [0.2, 0.25) is 11.8 Å². The number of halogens is 3. The van der Waals surface area contributed by atoms with Gasteiger partial charge in [-0.1, -0.05) is 6.07 Å². The van der Waals surface area contributed by atoms with Gasteiger partial charge in [0.1, 0.15) is 34.8 Å². The number of pyridine rings is 1. The van der Waals surface area contributed by atoms with Crippen LogP contribution in [-0.4, -0.2) is 36.5 Å². The zero-order valence-electron chi connectivity index (χ0n) is 18.2. The van der Waals surface area contributed by atoms with Crippen LogP contribution in [-0.2, 0) is 21.5 Å². The molecule has 35 heavy (non-hydrogen) atoms. The number of rotatable bonds is 3. The van der Waals surface area contributed by atoms with E-state index in [-0.39, 0.29) is 71.0 Å². The first-order valence-electron chi connectivity index (χ1n) is 10.7. The molecule has 0 spiro atoms. The van der Waals surface area contributed by atoms with Crippen molar-refractivity contribution >= 4 is 34.5 Å². The molecule has 0 fully saturated rings. The first kappa shape index (κ1) is 21.2. The third kappa shape index (κ3) is 3.16. The molecule has 2 aliphatic rings. The summed E-state index contributed by atoms with van der Waals surface area (Å²) < 4.78 is 44.0. The molecule has 0 saturated carbocycles. The third-order valence-electron chi connectivity index (χ3n) is 6.44. The Morgan fingerprint density at radius 3 is 2.54 bits per heavy atom. The molecule has 3 aromatic heterocycles. The molecule has 2 aliphatic heterocycles. The highest BCUT2D eigenvalue weighted by Gasteiger charge is 2.48. The van der Waals surface area contributed by atoms with Crippen molar-refractivity contribution in [1.82, 2.24) is 24.7 Å². The van der Waals surface area contributed by atoms with E-state index in [0.29, 0.717) is 5.56 Å². The van der Waals surface area contributed by atoms with Gasteiger partial charge in [-0.25, -0.2) is 32.8 Å². The van der Waals surface area contributed by atoms with Gasteiger partial charge in [-0.05, 0) is 31.5 Å². The summed E-state index contributed by atoms with van der Waals surface area (Å²) in [5.74, 6) is -2.46. The number of amides is 2. The molecule has 176 valence electrons. The van der Waals surface area contributed by atoms with Gasteiger partial charge in [0.05, 0.1) is 29.1 Å². The lowest BCUT2D eigenvalue weighted by Crippen LogP contribution is -2.30. The largest absolute Gasteiger partial charge is 0.310 e. The van der Waals surface area contributed by atoms with Gasteiger partial charge in [-0.3, -0.25) is 9.59 Å². The summed E-state index contributed by atoms with van der Waals surface area (Å²) in [6.07, 6.45) is 1.37. The summed E-state index contributed by atoms with van der Waals surface area (Å²) in [7, 11) is 0. The van der Waals surface area contributed by atoms with Gasteiger partial charge in [-0.2, -0.15) is 5.10 Å². The van der Waals surface area contributed by atoms with E-state index >= 15 is 0 Å². The van der Waals surface area contributed by atoms with Crippen LogP contribution in [0.15, 0.2) is 30.5 Å². The first-order valence-corrected chi connectivity index (χ1v) is 10.7. The standard InChI is InChI=1S/C23H16F3N7O2/c1-23-6-5-15(34)28-18-16(23)19(31-22(23)35)30-20(29-18)17-11-7-10(24)8-27-21(11)33(32-17)9-12-13(25)3-2-4-14(12)26/h2-4,7-8H,5-6,9H2,1H3,(H2,28,29,30,31,34,35)/t23-/m0/s1. The van der Waals surface area contributed by atoms with Crippen molar-refractivity contribution in [3.63, 3.8) is 0 Å². The number of carbonyl (C=O) groups is 2. The molecule has 9 nitrogen and oxygen atoms in total. The third-order valence-corrected chi connectivity index (χ3v) is 6.44. The highest BCUT2D eigenvalue weighted by molar-refractivity contribution is 6.09. The quantitative estimate of drug-likeness (QED) is 0.466. The number of benzene rings is 1. The van der Waals surface area contributed by atoms with Crippen molar-refractivity contribution in [2.75, 3.05) is 10.6 Å². The van der Waals surface area contributed by atoms with Crippen LogP contribution in [0, 0.1) is 17.5 Å². The number of anilines is 2. The minimum Gasteiger partial charge on any atom is -0.310 e. The van der Waals surface area contributed by atoms with Crippen LogP contribution in [0.4, 0.5) is 24.8 Å². The molecule has 6 rings (SSSR count). The molecule has 0 radical (unpaired) electrons. The van der Waals surface area contributed by atoms with Crippen molar-refractivity contribution in [3.8, 4) is 11.5 Å². The summed E-state index contributed by atoms with van der Waals surface area (Å²) in [6, 6.07) is 4.65. The molecule has 0 saturated heterocycles. The predicted octanol–water partition coefficient (Wildman–Crippen LogP) is 3.30. The van der Waals surface area contributed by atoms with Gasteiger partial charge in [-0.15, -0.1) is 0 Å². The molecule has 2 N–H and O–H groups in total. The molecule has 5 heterocycles. The fourth-order valence-electron chi connectivity index (χ4n) is 4.57. The fourth-order valence-corrected chi connectivity index (χ4v) is 4.57. The summed E-state index contributed by atoms with van der Waals surface area (Å²) in [5.41, 5.74) is -0.536. The van der Waals surface area contributed by atoms with E-state index in [1.165, 1.54) is 10.7 Å². The molecule has 1 aromatic carbocycles. The van der Waals surface area contributed by atoms with Crippen molar-refractivity contribution in [1.29, 1.82) is 0 Å². The Kier molecular flexibility index (Phi) is 4.44. The van der Waals surface area contributed by atoms with Gasteiger partial charge < -0.3 is 10.6 Å². The Morgan fingerprint density at radius 1 is 1.09 bits per heavy atom. The number of nitrogens with one attached hydrogen (secondary N) is 2. The number of hydrogen-bond acceptors (Lipinski definition) is 6. The van der Waals surface area contributed by atoms with Crippen LogP contribution in [0.2, 0.25) is 0 Å². The minimum atomic E-state index is -0.986. The predicted molar refractivity (Wildman–Crippen MR) is 118 cm³/mol. The number of aromatic nitrogens is 5. The van der Waals surface area contributed by atoms with Crippen molar-refractivity contribution in [2.45, 2.75) is 31.7 Å². The van der Waals surface area contributed by atoms with E-state index in [1.807, 2.05) is 0 Å². The monoisotopic (exact) mass is 479 g/mol. The van der Waals surface area contributed by atoms with Crippen molar-refractivity contribution < 1.29 is 22.8 Å². The average Bonchev–Trinajstić information content (AvgIpc) is 3.24. The Labute approximate surface area is 195 Å². The van der Waals surface area contributed by atoms with Gasteiger partial charge >= 0.3 is 0 Å². The van der Waals surface area contributed by atoms with Crippen LogP contribution in [0.3, 0.4) is 0 Å². The highest BCUT2D eigenvalue weighted by Crippen LogP contribution is 2.46. The zero-order valence-corrected chi connectivity index (χ0v) is 18.2. The lowest BCUT2D eigenvalue weighted by molar-refractivity contribution is -0.121. The molecule has 0 bridgehead atoms. The second-order valence-corrected chi connectivity index (χ2v) is 8.69. The molecule has 0 unspecified atom stereocenters. The van der Waals surface area contributed by atoms with E-state index in [1.54, 1.807) is 6.92 Å². The molecule has 2 amide bonds. The van der Waals surface area contributed by atoms with E-state index in [4.69, 9.17) is 0 Å². The highest BCUT2D eigenvalue weighted by atomic mass is 19.1. The molecule has 0 aliphatic carbocycles. The number of nitrogens with zero attached hydrogens (tertiary/aromatic N) is 5. The summed E-state index contributed by atoms with van der Waals surface area (Å²) in [5, 5.41) is 10.0. The lowest BCUT2D eigenvalue weighted by atomic mass is 9.81. The molecular weight excluding hydrogens is 463 g/mol. The van der Waals surface area contributed by atoms with Crippen LogP contribution >= 0.6 is 0 Å². The first-order chi connectivity index (χ1) is 16.7. The fraction of sp³-hybridized carbons (Fsp3) is 0.217. The van der Waals surface area contributed by atoms with E-state index in [2.05, 4.69) is 30.7 Å². The molecular formula is C23H16F3N7O2. The molecule has 12 heteroatoms. The number of hydrogen-bond donors (Lipinski definition) is 2. The Bertz CT molecular complexity index is 1570. The Morgan fingerprint density at radius 2 is 1.80 bits per heavy atom. The maximum Gasteiger partial charge on any atom is 0.236 e. The summed E-state index contributed by atoms with van der Waals surface area (Å²) in [4.78, 5) is 38.0. The molecule has 1 atom stereocenters. The van der Waals surface area contributed by atoms with E-state index < -0.39 is 22.9 Å². The van der Waals surface area contributed by atoms with Crippen LogP contribution in [0.5, 0.6) is 0 Å². The van der Waals surface area contributed by atoms with Crippen molar-refractivity contribution in [2.24, 2.45) is 0 Å². The van der Waals surface area contributed by atoms with Crippen LogP contribution < -0.4 is 10.6 Å². The Balaban J connectivity index is 1.55. The maximum atomic E-state index is 14.3.